The Bertz CT molecular complexity index is 981. The zero-order chi connectivity index (χ0) is 21.1. The Morgan fingerprint density at radius 3 is 2.66 bits per heavy atom. The minimum atomic E-state index is -0.798. The van der Waals surface area contributed by atoms with Gasteiger partial charge in [0.1, 0.15) is 11.3 Å². The largest absolute Gasteiger partial charge is 0.493 e. The monoisotopic (exact) mass is 462 g/mol. The van der Waals surface area contributed by atoms with Gasteiger partial charge in [0.25, 0.3) is 11.8 Å². The van der Waals surface area contributed by atoms with Crippen LogP contribution in [0.25, 0.3) is 6.08 Å². The van der Waals surface area contributed by atoms with Gasteiger partial charge in [-0.05, 0) is 65.7 Å². The van der Waals surface area contributed by atoms with Gasteiger partial charge in [0.05, 0.1) is 30.5 Å². The molecule has 2 aromatic rings. The van der Waals surface area contributed by atoms with E-state index < -0.39 is 17.8 Å². The quantitative estimate of drug-likeness (QED) is 0.520. The Morgan fingerprint density at radius 2 is 2.03 bits per heavy atom. The van der Waals surface area contributed by atoms with Crippen LogP contribution in [0.15, 0.2) is 45.0 Å². The van der Waals surface area contributed by atoms with E-state index in [2.05, 4.69) is 21.2 Å². The Balaban J connectivity index is 1.95. The SMILES string of the molecule is COc1cc(/C=C2\C(=O)NC(=O)N(Cc3ccco3)C2=O)cc(Br)c1OC(C)C. The van der Waals surface area contributed by atoms with Gasteiger partial charge in [-0.1, -0.05) is 0 Å². The van der Waals surface area contributed by atoms with E-state index in [0.29, 0.717) is 27.3 Å². The van der Waals surface area contributed by atoms with Crippen LogP contribution in [0.4, 0.5) is 4.79 Å². The van der Waals surface area contributed by atoms with Gasteiger partial charge < -0.3 is 13.9 Å². The Kier molecular flexibility index (Phi) is 6.07. The number of nitrogens with zero attached hydrogens (tertiary/aromatic N) is 1. The number of furan rings is 1. The minimum absolute atomic E-state index is 0.0729. The molecule has 1 aliphatic rings. The first-order valence-corrected chi connectivity index (χ1v) is 9.55. The van der Waals surface area contributed by atoms with Crippen molar-refractivity contribution in [1.29, 1.82) is 0 Å². The summed E-state index contributed by atoms with van der Waals surface area (Å²) in [7, 11) is 1.49. The highest BCUT2D eigenvalue weighted by atomic mass is 79.9. The van der Waals surface area contributed by atoms with E-state index in [1.165, 1.54) is 19.4 Å². The van der Waals surface area contributed by atoms with E-state index in [1.54, 1.807) is 24.3 Å². The predicted octanol–water partition coefficient (Wildman–Crippen LogP) is 3.50. The second-order valence-corrected chi connectivity index (χ2v) is 7.34. The topological polar surface area (TPSA) is 98.1 Å². The molecule has 2 heterocycles. The molecule has 4 amide bonds. The van der Waals surface area contributed by atoms with Crippen molar-refractivity contribution in [2.75, 3.05) is 7.11 Å². The maximum absolute atomic E-state index is 12.8. The molecule has 1 fully saturated rings. The third kappa shape index (κ3) is 4.51. The fraction of sp³-hybridized carbons (Fsp3) is 0.250. The Morgan fingerprint density at radius 1 is 1.28 bits per heavy atom. The second-order valence-electron chi connectivity index (χ2n) is 6.49. The molecule has 1 saturated heterocycles. The fourth-order valence-corrected chi connectivity index (χ4v) is 3.29. The van der Waals surface area contributed by atoms with E-state index in [4.69, 9.17) is 13.9 Å². The molecule has 0 aliphatic carbocycles. The van der Waals surface area contributed by atoms with Gasteiger partial charge in [0.2, 0.25) is 0 Å². The number of methoxy groups -OCH3 is 1. The number of barbiturate groups is 1. The molecule has 0 atom stereocenters. The average Bonchev–Trinajstić information content (AvgIpc) is 3.17. The Labute approximate surface area is 175 Å². The van der Waals surface area contributed by atoms with Gasteiger partial charge in [-0.3, -0.25) is 19.8 Å². The molecule has 0 unspecified atom stereocenters. The lowest BCUT2D eigenvalue weighted by Gasteiger charge is -2.25. The van der Waals surface area contributed by atoms with Crippen molar-refractivity contribution >= 4 is 39.9 Å². The second kappa shape index (κ2) is 8.52. The first-order valence-electron chi connectivity index (χ1n) is 8.75. The summed E-state index contributed by atoms with van der Waals surface area (Å²) in [6.45, 7) is 3.69. The predicted molar refractivity (Wildman–Crippen MR) is 107 cm³/mol. The van der Waals surface area contributed by atoms with Crippen LogP contribution < -0.4 is 14.8 Å². The fourth-order valence-electron chi connectivity index (χ4n) is 2.74. The molecule has 8 nitrogen and oxygen atoms in total. The summed E-state index contributed by atoms with van der Waals surface area (Å²) < 4.78 is 16.9. The average molecular weight is 463 g/mol. The minimum Gasteiger partial charge on any atom is -0.493 e. The van der Waals surface area contributed by atoms with Crippen LogP contribution in [0.2, 0.25) is 0 Å². The van der Waals surface area contributed by atoms with E-state index in [-0.39, 0.29) is 18.2 Å². The summed E-state index contributed by atoms with van der Waals surface area (Å²) in [4.78, 5) is 38.1. The maximum atomic E-state index is 12.8. The summed E-state index contributed by atoms with van der Waals surface area (Å²) >= 11 is 3.43. The number of imide groups is 2. The van der Waals surface area contributed by atoms with Gasteiger partial charge in [-0.2, -0.15) is 0 Å². The lowest BCUT2D eigenvalue weighted by molar-refractivity contribution is -0.130. The number of hydrogen-bond acceptors (Lipinski definition) is 6. The van der Waals surface area contributed by atoms with Crippen LogP contribution in [-0.4, -0.2) is 36.0 Å². The number of ether oxygens (including phenoxy) is 2. The number of nitrogens with one attached hydrogen (secondary N) is 1. The highest BCUT2D eigenvalue weighted by molar-refractivity contribution is 9.10. The number of hydrogen-bond donors (Lipinski definition) is 1. The molecule has 1 aliphatic heterocycles. The summed E-state index contributed by atoms with van der Waals surface area (Å²) in [6, 6.07) is 5.82. The van der Waals surface area contributed by atoms with Crippen molar-refractivity contribution in [1.82, 2.24) is 10.2 Å². The maximum Gasteiger partial charge on any atom is 0.331 e. The zero-order valence-electron chi connectivity index (χ0n) is 16.0. The third-order valence-electron chi connectivity index (χ3n) is 4.00. The van der Waals surface area contributed by atoms with Crippen molar-refractivity contribution in [3.8, 4) is 11.5 Å². The van der Waals surface area contributed by atoms with Crippen LogP contribution in [0.3, 0.4) is 0 Å². The van der Waals surface area contributed by atoms with Gasteiger partial charge >= 0.3 is 6.03 Å². The molecule has 1 aromatic heterocycles. The van der Waals surface area contributed by atoms with Gasteiger partial charge in [0, 0.05) is 0 Å². The molecule has 1 aromatic carbocycles. The van der Waals surface area contributed by atoms with Crippen molar-refractivity contribution < 1.29 is 28.3 Å². The molecule has 0 bridgehead atoms. The van der Waals surface area contributed by atoms with Crippen molar-refractivity contribution in [2.24, 2.45) is 0 Å². The number of carbonyl (C=O) groups is 3. The normalized spacial score (nSPS) is 15.8. The lowest BCUT2D eigenvalue weighted by Crippen LogP contribution is -2.53. The first kappa shape index (κ1) is 20.7. The van der Waals surface area contributed by atoms with Crippen molar-refractivity contribution in [3.63, 3.8) is 0 Å². The molecule has 0 spiro atoms. The van der Waals surface area contributed by atoms with Gasteiger partial charge in [-0.15, -0.1) is 0 Å². The number of carbonyl (C=O) groups excluding carboxylic acids is 3. The van der Waals surface area contributed by atoms with Crippen LogP contribution in [-0.2, 0) is 16.1 Å². The molecule has 29 heavy (non-hydrogen) atoms. The lowest BCUT2D eigenvalue weighted by atomic mass is 10.1. The van der Waals surface area contributed by atoms with E-state index in [1.807, 2.05) is 13.8 Å². The molecular formula is C20H19BrN2O6. The summed E-state index contributed by atoms with van der Waals surface area (Å²) in [5.41, 5.74) is 0.346. The number of rotatable bonds is 6. The zero-order valence-corrected chi connectivity index (χ0v) is 17.6. The van der Waals surface area contributed by atoms with Crippen LogP contribution >= 0.6 is 15.9 Å². The van der Waals surface area contributed by atoms with Crippen molar-refractivity contribution in [3.05, 3.63) is 51.9 Å². The first-order chi connectivity index (χ1) is 13.8. The Hall–Kier alpha value is -3.07. The van der Waals surface area contributed by atoms with E-state index in [0.717, 1.165) is 4.90 Å². The number of halogens is 1. The highest BCUT2D eigenvalue weighted by Gasteiger charge is 2.36. The van der Waals surface area contributed by atoms with E-state index in [9.17, 15) is 14.4 Å². The van der Waals surface area contributed by atoms with Gasteiger partial charge in [-0.25, -0.2) is 4.79 Å². The molecule has 152 valence electrons. The van der Waals surface area contributed by atoms with Crippen LogP contribution in [0, 0.1) is 0 Å². The van der Waals surface area contributed by atoms with Gasteiger partial charge in [0.15, 0.2) is 11.5 Å². The number of amides is 4. The number of benzene rings is 1. The molecule has 0 saturated carbocycles. The molecule has 1 N–H and O–H groups in total. The number of urea groups is 1. The van der Waals surface area contributed by atoms with Crippen molar-refractivity contribution in [2.45, 2.75) is 26.5 Å². The van der Waals surface area contributed by atoms with Crippen LogP contribution in [0.1, 0.15) is 25.2 Å². The molecule has 9 heteroatoms. The third-order valence-corrected chi connectivity index (χ3v) is 4.59. The summed E-state index contributed by atoms with van der Waals surface area (Å²) in [6.07, 6.45) is 2.76. The summed E-state index contributed by atoms with van der Waals surface area (Å²) in [5, 5.41) is 2.17. The van der Waals surface area contributed by atoms with E-state index >= 15 is 0 Å². The highest BCUT2D eigenvalue weighted by Crippen LogP contribution is 2.38. The molecular weight excluding hydrogens is 444 g/mol. The standard InChI is InChI=1S/C20H19BrN2O6/c1-11(2)29-17-15(21)8-12(9-16(17)27-3)7-14-18(24)22-20(26)23(19(14)25)10-13-5-4-6-28-13/h4-9,11H,10H2,1-3H3,(H,22,24,26)/b14-7+. The summed E-state index contributed by atoms with van der Waals surface area (Å²) in [5.74, 6) is -0.117. The van der Waals surface area contributed by atoms with Crippen LogP contribution in [0.5, 0.6) is 11.5 Å². The molecule has 0 radical (unpaired) electrons. The smallest absolute Gasteiger partial charge is 0.331 e. The molecule has 3 rings (SSSR count).